The number of nitrogens with one attached hydrogen (secondary N) is 2. The van der Waals surface area contributed by atoms with Crippen LogP contribution < -0.4 is 16.6 Å². The van der Waals surface area contributed by atoms with Gasteiger partial charge in [0.1, 0.15) is 0 Å². The second-order valence-electron chi connectivity index (χ2n) is 2.92. The second-order valence-corrected chi connectivity index (χ2v) is 2.92. The minimum Gasteiger partial charge on any atom is -0.315 e. The summed E-state index contributed by atoms with van der Waals surface area (Å²) in [4.78, 5) is 24.8. The van der Waals surface area contributed by atoms with E-state index in [4.69, 9.17) is 0 Å². The maximum Gasteiger partial charge on any atom is 0.328 e. The number of nitrogens with zero attached hydrogens (tertiary/aromatic N) is 1. The Kier molecular flexibility index (Phi) is 3.02. The topological polar surface area (TPSA) is 66.9 Å². The van der Waals surface area contributed by atoms with E-state index in [2.05, 4.69) is 10.3 Å². The first-order valence-corrected chi connectivity index (χ1v) is 4.11. The first-order valence-electron chi connectivity index (χ1n) is 4.11. The average molecular weight is 183 g/mol. The SMILES string of the molecule is CNC(C)Cn1c(=O)cc[nH]c1=O. The second kappa shape index (κ2) is 4.04. The molecule has 0 aliphatic heterocycles. The molecule has 0 fully saturated rings. The van der Waals surface area contributed by atoms with E-state index >= 15 is 0 Å². The van der Waals surface area contributed by atoms with Gasteiger partial charge in [0.15, 0.2) is 0 Å². The number of hydrogen-bond donors (Lipinski definition) is 2. The average Bonchev–Trinajstić information content (AvgIpc) is 2.11. The zero-order chi connectivity index (χ0) is 9.84. The summed E-state index contributed by atoms with van der Waals surface area (Å²) in [6.45, 7) is 2.28. The fraction of sp³-hybridized carbons (Fsp3) is 0.500. The highest BCUT2D eigenvalue weighted by atomic mass is 16.2. The third-order valence-corrected chi connectivity index (χ3v) is 1.89. The van der Waals surface area contributed by atoms with Crippen LogP contribution in [0.1, 0.15) is 6.92 Å². The minimum atomic E-state index is -0.366. The molecule has 2 N–H and O–H groups in total. The van der Waals surface area contributed by atoms with Crippen molar-refractivity contribution in [2.75, 3.05) is 7.05 Å². The van der Waals surface area contributed by atoms with Gasteiger partial charge in [0.2, 0.25) is 0 Å². The number of H-pyrrole nitrogens is 1. The molecule has 1 unspecified atom stereocenters. The molecule has 1 atom stereocenters. The number of hydrogen-bond acceptors (Lipinski definition) is 3. The predicted molar refractivity (Wildman–Crippen MR) is 49.8 cm³/mol. The molecule has 1 heterocycles. The van der Waals surface area contributed by atoms with Crippen LogP contribution in [-0.4, -0.2) is 22.6 Å². The van der Waals surface area contributed by atoms with Crippen molar-refractivity contribution in [1.82, 2.24) is 14.9 Å². The molecule has 0 aromatic carbocycles. The number of likely N-dealkylation sites (N-methyl/N-ethyl adjacent to an activating group) is 1. The Morgan fingerprint density at radius 1 is 1.62 bits per heavy atom. The summed E-state index contributed by atoms with van der Waals surface area (Å²) in [6.07, 6.45) is 1.35. The largest absolute Gasteiger partial charge is 0.328 e. The van der Waals surface area contributed by atoms with Gasteiger partial charge in [-0.15, -0.1) is 0 Å². The Labute approximate surface area is 75.4 Å². The molecule has 0 aliphatic rings. The molecule has 0 spiro atoms. The third kappa shape index (κ3) is 2.29. The van der Waals surface area contributed by atoms with Gasteiger partial charge in [0, 0.05) is 24.8 Å². The number of aromatic nitrogens is 2. The van der Waals surface area contributed by atoms with Gasteiger partial charge in [-0.05, 0) is 14.0 Å². The summed E-state index contributed by atoms with van der Waals surface area (Å²) >= 11 is 0. The Morgan fingerprint density at radius 2 is 2.31 bits per heavy atom. The van der Waals surface area contributed by atoms with Crippen molar-refractivity contribution in [1.29, 1.82) is 0 Å². The first kappa shape index (κ1) is 9.73. The molecule has 1 rings (SSSR count). The third-order valence-electron chi connectivity index (χ3n) is 1.89. The monoisotopic (exact) mass is 183 g/mol. The molecule has 1 aromatic rings. The molecule has 0 aliphatic carbocycles. The van der Waals surface area contributed by atoms with Crippen LogP contribution in [-0.2, 0) is 6.54 Å². The van der Waals surface area contributed by atoms with Crippen LogP contribution in [0.5, 0.6) is 0 Å². The molecule has 5 heteroatoms. The first-order chi connectivity index (χ1) is 6.15. The van der Waals surface area contributed by atoms with Crippen molar-refractivity contribution in [3.05, 3.63) is 33.1 Å². The summed E-state index contributed by atoms with van der Waals surface area (Å²) in [6, 6.07) is 1.44. The molecular weight excluding hydrogens is 170 g/mol. The van der Waals surface area contributed by atoms with Crippen LogP contribution >= 0.6 is 0 Å². The maximum atomic E-state index is 11.2. The van der Waals surface area contributed by atoms with Crippen LogP contribution in [0.3, 0.4) is 0 Å². The highest BCUT2D eigenvalue weighted by molar-refractivity contribution is 4.83. The Balaban J connectivity index is 3.01. The van der Waals surface area contributed by atoms with Crippen LogP contribution in [0.25, 0.3) is 0 Å². The van der Waals surface area contributed by atoms with Gasteiger partial charge in [0.05, 0.1) is 0 Å². The predicted octanol–water partition coefficient (Wildman–Crippen LogP) is -0.856. The number of aromatic amines is 1. The molecule has 0 bridgehead atoms. The molecular formula is C8H13N3O2. The summed E-state index contributed by atoms with van der Waals surface area (Å²) in [5.41, 5.74) is -0.638. The normalized spacial score (nSPS) is 12.8. The lowest BCUT2D eigenvalue weighted by Gasteiger charge is -2.10. The molecule has 0 amide bonds. The van der Waals surface area contributed by atoms with Crippen molar-refractivity contribution in [3.63, 3.8) is 0 Å². The molecule has 1 aromatic heterocycles. The molecule has 0 saturated carbocycles. The minimum absolute atomic E-state index is 0.0983. The van der Waals surface area contributed by atoms with Crippen LogP contribution in [0.2, 0.25) is 0 Å². The lowest BCUT2D eigenvalue weighted by atomic mass is 10.3. The van der Waals surface area contributed by atoms with Gasteiger partial charge in [0.25, 0.3) is 5.56 Å². The van der Waals surface area contributed by atoms with Gasteiger partial charge in [-0.1, -0.05) is 0 Å². The van der Waals surface area contributed by atoms with E-state index < -0.39 is 0 Å². The molecule has 0 radical (unpaired) electrons. The van der Waals surface area contributed by atoms with E-state index in [9.17, 15) is 9.59 Å². The van der Waals surface area contributed by atoms with Gasteiger partial charge in [-0.3, -0.25) is 9.36 Å². The van der Waals surface area contributed by atoms with E-state index in [-0.39, 0.29) is 17.3 Å². The van der Waals surface area contributed by atoms with Crippen molar-refractivity contribution >= 4 is 0 Å². The van der Waals surface area contributed by atoms with E-state index in [0.717, 1.165) is 0 Å². The molecule has 13 heavy (non-hydrogen) atoms. The zero-order valence-electron chi connectivity index (χ0n) is 7.70. The Hall–Kier alpha value is -1.36. The Bertz CT molecular complexity index is 351. The van der Waals surface area contributed by atoms with Gasteiger partial charge in [-0.2, -0.15) is 0 Å². The molecule has 5 nitrogen and oxygen atoms in total. The van der Waals surface area contributed by atoms with Gasteiger partial charge < -0.3 is 10.3 Å². The van der Waals surface area contributed by atoms with Crippen LogP contribution in [0.15, 0.2) is 21.9 Å². The van der Waals surface area contributed by atoms with Crippen molar-refractivity contribution in [3.8, 4) is 0 Å². The lowest BCUT2D eigenvalue weighted by Crippen LogP contribution is -2.40. The van der Waals surface area contributed by atoms with E-state index in [1.165, 1.54) is 16.8 Å². The number of rotatable bonds is 3. The summed E-state index contributed by atoms with van der Waals surface area (Å²) in [5, 5.41) is 2.96. The van der Waals surface area contributed by atoms with Gasteiger partial charge >= 0.3 is 5.69 Å². The van der Waals surface area contributed by atoms with Gasteiger partial charge in [-0.25, -0.2) is 4.79 Å². The highest BCUT2D eigenvalue weighted by Crippen LogP contribution is 1.81. The standard InChI is InChI=1S/C8H13N3O2/c1-6(9-2)5-11-7(12)3-4-10-8(11)13/h3-4,6,9H,5H2,1-2H3,(H,10,13). The zero-order valence-corrected chi connectivity index (χ0v) is 7.70. The maximum absolute atomic E-state index is 11.2. The van der Waals surface area contributed by atoms with E-state index in [1.54, 1.807) is 7.05 Å². The van der Waals surface area contributed by atoms with E-state index in [1.807, 2.05) is 6.92 Å². The molecule has 72 valence electrons. The van der Waals surface area contributed by atoms with Crippen LogP contribution in [0, 0.1) is 0 Å². The van der Waals surface area contributed by atoms with Crippen molar-refractivity contribution in [2.45, 2.75) is 19.5 Å². The summed E-state index contributed by atoms with van der Waals surface area (Å²) < 4.78 is 1.17. The Morgan fingerprint density at radius 3 is 2.85 bits per heavy atom. The molecule has 0 saturated heterocycles. The van der Waals surface area contributed by atoms with Crippen LogP contribution in [0.4, 0.5) is 0 Å². The lowest BCUT2D eigenvalue weighted by molar-refractivity contribution is 0.489. The smallest absolute Gasteiger partial charge is 0.315 e. The fourth-order valence-electron chi connectivity index (χ4n) is 0.990. The van der Waals surface area contributed by atoms with Crippen molar-refractivity contribution < 1.29 is 0 Å². The fourth-order valence-corrected chi connectivity index (χ4v) is 0.990. The quantitative estimate of drug-likeness (QED) is 0.641. The summed E-state index contributed by atoms with van der Waals surface area (Å²) in [5.74, 6) is 0. The van der Waals surface area contributed by atoms with E-state index in [0.29, 0.717) is 6.54 Å². The summed E-state index contributed by atoms with van der Waals surface area (Å²) in [7, 11) is 1.78. The highest BCUT2D eigenvalue weighted by Gasteiger charge is 2.03. The van der Waals surface area contributed by atoms with Crippen molar-refractivity contribution in [2.24, 2.45) is 0 Å².